The molecule has 0 bridgehead atoms. The van der Waals surface area contributed by atoms with E-state index in [0.717, 1.165) is 0 Å². The molecule has 12 heavy (non-hydrogen) atoms. The summed E-state index contributed by atoms with van der Waals surface area (Å²) in [5, 5.41) is 14.7. The third-order valence-electron chi connectivity index (χ3n) is 1.60. The van der Waals surface area contributed by atoms with Gasteiger partial charge in [0.1, 0.15) is 17.1 Å². The van der Waals surface area contributed by atoms with Gasteiger partial charge in [-0.05, 0) is 0 Å². The van der Waals surface area contributed by atoms with Gasteiger partial charge in [-0.2, -0.15) is 10.4 Å². The van der Waals surface area contributed by atoms with Crippen LogP contribution in [0.15, 0.2) is 17.2 Å². The molecule has 0 aromatic carbocycles. The van der Waals surface area contributed by atoms with E-state index in [1.807, 2.05) is 0 Å². The number of hydrogen-bond acceptors (Lipinski definition) is 3. The van der Waals surface area contributed by atoms with Crippen LogP contribution in [0.4, 0.5) is 0 Å². The number of H-pyrrole nitrogens is 2. The van der Waals surface area contributed by atoms with E-state index in [1.54, 1.807) is 6.07 Å². The van der Waals surface area contributed by atoms with Crippen LogP contribution in [-0.2, 0) is 0 Å². The van der Waals surface area contributed by atoms with Crippen molar-refractivity contribution in [2.24, 2.45) is 0 Å². The van der Waals surface area contributed by atoms with Crippen LogP contribution in [0, 0.1) is 11.3 Å². The molecule has 5 heteroatoms. The second-order valence-electron chi connectivity index (χ2n) is 2.30. The lowest BCUT2D eigenvalue weighted by molar-refractivity contribution is 1.11. The summed E-state index contributed by atoms with van der Waals surface area (Å²) in [6.45, 7) is 0. The lowest BCUT2D eigenvalue weighted by Crippen LogP contribution is -2.06. The Morgan fingerprint density at radius 3 is 3.17 bits per heavy atom. The van der Waals surface area contributed by atoms with Crippen molar-refractivity contribution in [3.63, 3.8) is 0 Å². The summed E-state index contributed by atoms with van der Waals surface area (Å²) in [6.07, 6.45) is 2.87. The van der Waals surface area contributed by atoms with E-state index < -0.39 is 0 Å². The number of pyridine rings is 1. The number of hydrogen-bond donors (Lipinski definition) is 2. The highest BCUT2D eigenvalue weighted by atomic mass is 16.1. The first kappa shape index (κ1) is 6.61. The van der Waals surface area contributed by atoms with Gasteiger partial charge in [-0.3, -0.25) is 9.89 Å². The van der Waals surface area contributed by atoms with Crippen molar-refractivity contribution in [3.05, 3.63) is 28.2 Å². The van der Waals surface area contributed by atoms with Crippen LogP contribution in [-0.4, -0.2) is 15.2 Å². The van der Waals surface area contributed by atoms with Gasteiger partial charge in [-0.1, -0.05) is 0 Å². The molecule has 0 radical (unpaired) electrons. The molecule has 5 nitrogen and oxygen atoms in total. The molecular formula is C7H4N4O. The van der Waals surface area contributed by atoms with Crippen LogP contribution in [0.2, 0.25) is 0 Å². The van der Waals surface area contributed by atoms with Crippen LogP contribution in [0.3, 0.4) is 0 Å². The molecule has 2 N–H and O–H groups in total. The number of nitrogens with one attached hydrogen (secondary N) is 2. The molecule has 0 spiro atoms. The van der Waals surface area contributed by atoms with Gasteiger partial charge in [0.25, 0.3) is 0 Å². The zero-order valence-corrected chi connectivity index (χ0v) is 5.96. The summed E-state index contributed by atoms with van der Waals surface area (Å²) < 4.78 is 0. The van der Waals surface area contributed by atoms with Crippen molar-refractivity contribution in [2.75, 3.05) is 0 Å². The minimum atomic E-state index is -0.316. The third-order valence-corrected chi connectivity index (χ3v) is 1.60. The van der Waals surface area contributed by atoms with Gasteiger partial charge in [-0.25, -0.2) is 0 Å². The van der Waals surface area contributed by atoms with Crippen LogP contribution < -0.4 is 5.43 Å². The molecule has 0 saturated carbocycles. The van der Waals surface area contributed by atoms with E-state index in [1.165, 1.54) is 12.4 Å². The molecular weight excluding hydrogens is 156 g/mol. The van der Waals surface area contributed by atoms with Crippen LogP contribution in [0.5, 0.6) is 0 Å². The second-order valence-corrected chi connectivity index (χ2v) is 2.30. The minimum absolute atomic E-state index is 0.0896. The third kappa shape index (κ3) is 0.720. The van der Waals surface area contributed by atoms with Gasteiger partial charge in [0.15, 0.2) is 0 Å². The molecule has 0 fully saturated rings. The zero-order valence-electron chi connectivity index (χ0n) is 5.96. The molecule has 2 heterocycles. The Labute approximate surface area is 66.6 Å². The highest BCUT2D eigenvalue weighted by Gasteiger charge is 2.04. The minimum Gasteiger partial charge on any atom is -0.357 e. The summed E-state index contributed by atoms with van der Waals surface area (Å²) in [7, 11) is 0. The second kappa shape index (κ2) is 2.20. The summed E-state index contributed by atoms with van der Waals surface area (Å²) in [6, 6.07) is 1.79. The summed E-state index contributed by atoms with van der Waals surface area (Å²) >= 11 is 0. The summed E-state index contributed by atoms with van der Waals surface area (Å²) in [5.41, 5.74) is 0.726. The molecule has 58 valence electrons. The molecule has 0 saturated heterocycles. The van der Waals surface area contributed by atoms with Gasteiger partial charge in [0.2, 0.25) is 5.43 Å². The summed E-state index contributed by atoms with van der Waals surface area (Å²) in [4.78, 5) is 14.1. The van der Waals surface area contributed by atoms with Crippen molar-refractivity contribution in [2.45, 2.75) is 0 Å². The van der Waals surface area contributed by atoms with Crippen molar-refractivity contribution in [1.29, 1.82) is 5.26 Å². The number of rotatable bonds is 0. The number of nitrogens with zero attached hydrogens (tertiary/aromatic N) is 2. The molecule has 0 atom stereocenters. The summed E-state index contributed by atoms with van der Waals surface area (Å²) in [5.74, 6) is 0. The molecule has 0 amide bonds. The molecule has 0 aliphatic carbocycles. The Morgan fingerprint density at radius 1 is 1.58 bits per heavy atom. The van der Waals surface area contributed by atoms with E-state index in [2.05, 4.69) is 15.2 Å². The predicted octanol–water partition coefficient (Wildman–Crippen LogP) is 0.123. The lowest BCUT2D eigenvalue weighted by Gasteiger charge is -1.88. The highest BCUT2D eigenvalue weighted by molar-refractivity contribution is 5.73. The molecule has 0 aliphatic heterocycles. The Bertz CT molecular complexity index is 516. The van der Waals surface area contributed by atoms with Crippen molar-refractivity contribution in [1.82, 2.24) is 15.2 Å². The van der Waals surface area contributed by atoms with Gasteiger partial charge >= 0.3 is 0 Å². The fourth-order valence-corrected chi connectivity index (χ4v) is 1.00. The van der Waals surface area contributed by atoms with Crippen LogP contribution >= 0.6 is 0 Å². The topological polar surface area (TPSA) is 85.3 Å². The average Bonchev–Trinajstić information content (AvgIpc) is 2.53. The number of aromatic nitrogens is 3. The first-order chi connectivity index (χ1) is 5.83. The van der Waals surface area contributed by atoms with E-state index in [-0.39, 0.29) is 11.0 Å². The van der Waals surface area contributed by atoms with E-state index in [4.69, 9.17) is 5.26 Å². The fraction of sp³-hybridized carbons (Fsp3) is 0. The van der Waals surface area contributed by atoms with Gasteiger partial charge < -0.3 is 4.98 Å². The first-order valence-corrected chi connectivity index (χ1v) is 3.28. The Hall–Kier alpha value is -2.09. The monoisotopic (exact) mass is 160 g/mol. The number of aromatic amines is 2. The number of nitriles is 1. The van der Waals surface area contributed by atoms with Crippen molar-refractivity contribution < 1.29 is 0 Å². The van der Waals surface area contributed by atoms with E-state index in [9.17, 15) is 4.79 Å². The molecule has 2 aromatic heterocycles. The normalized spacial score (nSPS) is 9.92. The molecule has 2 aromatic rings. The van der Waals surface area contributed by atoms with Crippen molar-refractivity contribution in [3.8, 4) is 6.07 Å². The molecule has 2 rings (SSSR count). The van der Waals surface area contributed by atoms with Gasteiger partial charge in [-0.15, -0.1) is 0 Å². The average molecular weight is 160 g/mol. The Kier molecular flexibility index (Phi) is 1.21. The quantitative estimate of drug-likeness (QED) is 0.574. The SMILES string of the molecule is N#Cc1c[nH]c2cn[nH]c2c1=O. The predicted molar refractivity (Wildman–Crippen MR) is 41.4 cm³/mol. The zero-order chi connectivity index (χ0) is 8.55. The number of fused-ring (bicyclic) bond motifs is 1. The van der Waals surface area contributed by atoms with Gasteiger partial charge in [0.05, 0.1) is 11.7 Å². The highest BCUT2D eigenvalue weighted by Crippen LogP contribution is 2.01. The standard InChI is InChI=1S/C7H4N4O/c8-1-4-2-9-5-3-10-11-6(5)7(4)12/h2-3H,(H,9,12)(H,10,11). The van der Waals surface area contributed by atoms with E-state index in [0.29, 0.717) is 11.0 Å². The Balaban J connectivity index is 3.00. The largest absolute Gasteiger partial charge is 0.357 e. The molecule has 0 unspecified atom stereocenters. The van der Waals surface area contributed by atoms with E-state index >= 15 is 0 Å². The first-order valence-electron chi connectivity index (χ1n) is 3.28. The smallest absolute Gasteiger partial charge is 0.224 e. The lowest BCUT2D eigenvalue weighted by atomic mass is 10.2. The van der Waals surface area contributed by atoms with Crippen molar-refractivity contribution >= 4 is 11.0 Å². The maximum absolute atomic E-state index is 11.3. The maximum atomic E-state index is 11.3. The van der Waals surface area contributed by atoms with Crippen LogP contribution in [0.1, 0.15) is 5.56 Å². The van der Waals surface area contributed by atoms with Crippen LogP contribution in [0.25, 0.3) is 11.0 Å². The van der Waals surface area contributed by atoms with Gasteiger partial charge in [0, 0.05) is 6.20 Å². The Morgan fingerprint density at radius 2 is 2.42 bits per heavy atom. The fourth-order valence-electron chi connectivity index (χ4n) is 1.00. The maximum Gasteiger partial charge on any atom is 0.224 e. The molecule has 0 aliphatic rings.